The van der Waals surface area contributed by atoms with E-state index in [1.807, 2.05) is 73.3 Å². The van der Waals surface area contributed by atoms with E-state index < -0.39 is 0 Å². The minimum Gasteiger partial charge on any atom is -0.244 e. The summed E-state index contributed by atoms with van der Waals surface area (Å²) in [6, 6.07) is 51.9. The van der Waals surface area contributed by atoms with Crippen molar-refractivity contribution < 1.29 is 0 Å². The zero-order valence-electron chi connectivity index (χ0n) is 60.1. The molecule has 0 atom stereocenters. The maximum atomic E-state index is 5.88. The smallest absolute Gasteiger partial charge is 0.129 e. The first-order chi connectivity index (χ1) is 48.0. The Morgan fingerprint density at radius 2 is 0.418 bits per heavy atom. The molecule has 0 saturated heterocycles. The molecule has 4 heterocycles. The highest BCUT2D eigenvalue weighted by Gasteiger charge is 2.26. The lowest BCUT2D eigenvalue weighted by atomic mass is 9.77. The summed E-state index contributed by atoms with van der Waals surface area (Å²) in [5.74, 6) is 6.93. The quantitative estimate of drug-likeness (QED) is 0.0400. The molecule has 98 heavy (non-hydrogen) atoms. The van der Waals surface area contributed by atoms with Crippen LogP contribution < -0.4 is 0 Å². The van der Waals surface area contributed by atoms with Gasteiger partial charge in [-0.05, 0) is 243 Å². The third-order valence-electron chi connectivity index (χ3n) is 22.5. The number of aromatic nitrogens is 4. The lowest BCUT2D eigenvalue weighted by Crippen LogP contribution is -2.13. The molecule has 0 bridgehead atoms. The maximum Gasteiger partial charge on any atom is 0.129 e. The molecule has 8 heteroatoms. The number of rotatable bonds is 26. The Balaban J connectivity index is 0.000000153. The summed E-state index contributed by atoms with van der Waals surface area (Å²) in [6.07, 6.45) is 55.0. The zero-order valence-corrected chi connectivity index (χ0v) is 63.2. The molecule has 0 aliphatic heterocycles. The maximum absolute atomic E-state index is 5.88. The first kappa shape index (κ1) is 76.8. The van der Waals surface area contributed by atoms with Crippen LogP contribution in [0.15, 0.2) is 170 Å². The van der Waals surface area contributed by atoms with Crippen LogP contribution in [-0.4, -0.2) is 19.9 Å². The van der Waals surface area contributed by atoms with Gasteiger partial charge in [0, 0.05) is 47.0 Å². The van der Waals surface area contributed by atoms with E-state index in [-0.39, 0.29) is 0 Å². The van der Waals surface area contributed by atoms with Crippen LogP contribution in [0.2, 0.25) is 20.6 Å². The molecule has 0 radical (unpaired) electrons. The summed E-state index contributed by atoms with van der Waals surface area (Å²) in [7, 11) is 0. The molecule has 8 aromatic rings. The topological polar surface area (TPSA) is 51.6 Å². The number of benzene rings is 4. The summed E-state index contributed by atoms with van der Waals surface area (Å²) in [4.78, 5) is 16.7. The van der Waals surface area contributed by atoms with Crippen molar-refractivity contribution in [1.82, 2.24) is 19.9 Å². The normalized spacial score (nSPS) is 20.7. The summed E-state index contributed by atoms with van der Waals surface area (Å²) in [5, 5.41) is 2.19. The van der Waals surface area contributed by atoms with E-state index in [4.69, 9.17) is 46.4 Å². The highest BCUT2D eigenvalue weighted by atomic mass is 35.5. The lowest BCUT2D eigenvalue weighted by Gasteiger charge is -2.29. The largest absolute Gasteiger partial charge is 0.244 e. The third-order valence-corrected chi connectivity index (χ3v) is 23.4. The van der Waals surface area contributed by atoms with Crippen molar-refractivity contribution >= 4 is 46.4 Å². The van der Waals surface area contributed by atoms with Gasteiger partial charge in [0.15, 0.2) is 0 Å². The van der Waals surface area contributed by atoms with E-state index in [0.717, 1.165) is 69.6 Å². The van der Waals surface area contributed by atoms with Gasteiger partial charge in [-0.2, -0.15) is 0 Å². The van der Waals surface area contributed by atoms with Crippen molar-refractivity contribution in [2.75, 3.05) is 0 Å². The summed E-state index contributed by atoms with van der Waals surface area (Å²) in [6.45, 7) is 9.17. The van der Waals surface area contributed by atoms with Crippen LogP contribution in [0.4, 0.5) is 0 Å². The fourth-order valence-electron chi connectivity index (χ4n) is 16.2. The van der Waals surface area contributed by atoms with E-state index in [1.54, 1.807) is 0 Å². The number of hydrogen-bond donors (Lipinski definition) is 0. The van der Waals surface area contributed by atoms with Crippen LogP contribution in [-0.2, 0) is 0 Å². The Labute approximate surface area is 613 Å². The number of halogens is 4. The average molecular weight is 1400 g/mol. The van der Waals surface area contributed by atoms with Gasteiger partial charge in [0.05, 0.1) is 0 Å². The number of pyridine rings is 4. The van der Waals surface area contributed by atoms with Gasteiger partial charge in [-0.25, -0.2) is 19.9 Å². The molecule has 4 fully saturated rings. The second-order valence-corrected chi connectivity index (χ2v) is 31.1. The first-order valence-electron chi connectivity index (χ1n) is 38.9. The fraction of sp³-hybridized carbons (Fsp3) is 0.511. The first-order valence-corrected chi connectivity index (χ1v) is 40.4. The molecule has 0 N–H and O–H groups in total. The van der Waals surface area contributed by atoms with Crippen LogP contribution in [0.3, 0.4) is 0 Å². The van der Waals surface area contributed by atoms with Crippen LogP contribution in [0, 0.1) is 23.7 Å². The van der Waals surface area contributed by atoms with E-state index in [1.165, 1.54) is 263 Å². The van der Waals surface area contributed by atoms with Crippen LogP contribution in [0.25, 0.3) is 44.5 Å². The molecule has 4 aromatic carbocycles. The number of unbranched alkanes of at least 4 members (excludes halogenated alkanes) is 10. The van der Waals surface area contributed by atoms with Crippen molar-refractivity contribution in [3.8, 4) is 44.5 Å². The second-order valence-electron chi connectivity index (χ2n) is 29.5. The fourth-order valence-corrected chi connectivity index (χ4v) is 16.6. The van der Waals surface area contributed by atoms with E-state index in [9.17, 15) is 0 Å². The lowest BCUT2D eigenvalue weighted by molar-refractivity contribution is 0.302. The van der Waals surface area contributed by atoms with Gasteiger partial charge in [0.2, 0.25) is 0 Å². The zero-order chi connectivity index (χ0) is 68.5. The van der Waals surface area contributed by atoms with Gasteiger partial charge in [-0.15, -0.1) is 0 Å². The second kappa shape index (κ2) is 42.8. The van der Waals surface area contributed by atoms with Crippen LogP contribution in [0.1, 0.15) is 292 Å². The Kier molecular flexibility index (Phi) is 33.5. The molecule has 524 valence electrons. The molecular formula is C90H116Cl4N4. The van der Waals surface area contributed by atoms with E-state index >= 15 is 0 Å². The van der Waals surface area contributed by atoms with Gasteiger partial charge in [-0.1, -0.05) is 287 Å². The summed E-state index contributed by atoms with van der Waals surface area (Å²) >= 11 is 23.5. The monoisotopic (exact) mass is 1390 g/mol. The number of nitrogens with zero attached hydrogens (tertiary/aromatic N) is 4. The van der Waals surface area contributed by atoms with Crippen molar-refractivity contribution in [2.45, 2.75) is 270 Å². The van der Waals surface area contributed by atoms with Gasteiger partial charge in [0.25, 0.3) is 0 Å². The molecule has 4 saturated carbocycles. The van der Waals surface area contributed by atoms with Crippen LogP contribution >= 0.6 is 46.4 Å². The standard InChI is InChI=1S/C24H32ClN.C23H30ClN.C22H28ClN.C21H26ClN/c1-2-3-4-5-6-7-19-8-10-20(11-9-19)21-12-14-22(15-13-21)23-16-17-24(25)26-18-23;1-2-3-4-5-6-18-7-9-19(10-8-18)20-11-13-21(14-12-20)22-15-16-23(24)25-17-22;1-2-3-4-5-17-6-8-18(9-7-17)19-10-12-20(13-11-19)21-14-15-22(23)24-16-21;1-2-3-4-16-5-7-17(8-6-16)18-9-11-19(12-10-18)20-13-14-21(22)23-15-20/h12-20H,2-11H2,1H3;11-19H,2-10H2,1H3;10-18H,2-9H2,1H3;9-17H,2-8H2,1H3. The Hall–Kier alpha value is -5.36. The summed E-state index contributed by atoms with van der Waals surface area (Å²) < 4.78 is 0. The molecule has 4 aliphatic carbocycles. The SMILES string of the molecule is CCCCC1CCC(c2ccc(-c3ccc(Cl)nc3)cc2)CC1.CCCCCC1CCC(c2ccc(-c3ccc(Cl)nc3)cc2)CC1.CCCCCCC1CCC(c2ccc(-c3ccc(Cl)nc3)cc2)CC1.CCCCCCCC1CCC(c2ccc(-c3ccc(Cl)nc3)cc2)CC1. The molecule has 4 nitrogen and oxygen atoms in total. The molecular weight excluding hydrogens is 1280 g/mol. The van der Waals surface area contributed by atoms with Crippen molar-refractivity contribution in [3.05, 3.63) is 213 Å². The molecule has 0 amide bonds. The molecule has 4 aliphatic rings. The average Bonchev–Trinajstić information content (AvgIpc) is 1.44. The van der Waals surface area contributed by atoms with Crippen molar-refractivity contribution in [3.63, 3.8) is 0 Å². The van der Waals surface area contributed by atoms with Crippen molar-refractivity contribution in [1.29, 1.82) is 0 Å². The van der Waals surface area contributed by atoms with Crippen LogP contribution in [0.5, 0.6) is 0 Å². The summed E-state index contributed by atoms with van der Waals surface area (Å²) in [5.41, 5.74) is 15.4. The molecule has 0 unspecified atom stereocenters. The van der Waals surface area contributed by atoms with Gasteiger partial charge in [0.1, 0.15) is 20.6 Å². The Morgan fingerprint density at radius 3 is 0.643 bits per heavy atom. The van der Waals surface area contributed by atoms with Gasteiger partial charge >= 0.3 is 0 Å². The van der Waals surface area contributed by atoms with Gasteiger partial charge in [-0.3, -0.25) is 0 Å². The Morgan fingerprint density at radius 1 is 0.224 bits per heavy atom. The predicted molar refractivity (Wildman–Crippen MR) is 423 cm³/mol. The van der Waals surface area contributed by atoms with Crippen molar-refractivity contribution in [2.24, 2.45) is 23.7 Å². The molecule has 0 spiro atoms. The van der Waals surface area contributed by atoms with Gasteiger partial charge < -0.3 is 0 Å². The minimum atomic E-state index is 0.546. The predicted octanol–water partition coefficient (Wildman–Crippen LogP) is 29.8. The molecule has 12 rings (SSSR count). The minimum absolute atomic E-state index is 0.546. The van der Waals surface area contributed by atoms with E-state index in [0.29, 0.717) is 20.6 Å². The Bertz CT molecular complexity index is 3400. The van der Waals surface area contributed by atoms with E-state index in [2.05, 4.69) is 145 Å². The highest BCUT2D eigenvalue weighted by molar-refractivity contribution is 6.30. The third kappa shape index (κ3) is 25.6. The molecule has 4 aromatic heterocycles. The number of hydrogen-bond acceptors (Lipinski definition) is 4. The highest BCUT2D eigenvalue weighted by Crippen LogP contribution is 2.43.